The van der Waals surface area contributed by atoms with Gasteiger partial charge in [-0.15, -0.1) is 0 Å². The third-order valence-electron chi connectivity index (χ3n) is 4.68. The molecule has 3 atom stereocenters. The molecule has 2 aliphatic heterocycles. The Morgan fingerprint density at radius 2 is 2.25 bits per heavy atom. The van der Waals surface area contributed by atoms with E-state index in [1.165, 1.54) is 18.4 Å². The highest BCUT2D eigenvalue weighted by Crippen LogP contribution is 2.34. The first kappa shape index (κ1) is 12.4. The number of nitrogens with one attached hydrogen (secondary N) is 1. The fourth-order valence-corrected chi connectivity index (χ4v) is 3.69. The van der Waals surface area contributed by atoms with Crippen molar-refractivity contribution in [1.82, 2.24) is 14.9 Å². The molecule has 3 heterocycles. The lowest BCUT2D eigenvalue weighted by atomic mass is 9.95. The van der Waals surface area contributed by atoms with Gasteiger partial charge in [-0.1, -0.05) is 12.1 Å². The number of imidazole rings is 1. The van der Waals surface area contributed by atoms with E-state index >= 15 is 0 Å². The van der Waals surface area contributed by atoms with E-state index in [9.17, 15) is 0 Å². The van der Waals surface area contributed by atoms with Crippen molar-refractivity contribution in [3.8, 4) is 0 Å². The number of hydrogen-bond acceptors (Lipinski definition) is 3. The molecule has 2 bridgehead atoms. The predicted molar refractivity (Wildman–Crippen MR) is 78.5 cm³/mol. The van der Waals surface area contributed by atoms with Crippen molar-refractivity contribution in [1.29, 1.82) is 0 Å². The minimum atomic E-state index is 0.430. The summed E-state index contributed by atoms with van der Waals surface area (Å²) < 4.78 is 8.20. The number of rotatable bonds is 4. The molecule has 106 valence electrons. The molecule has 0 spiro atoms. The van der Waals surface area contributed by atoms with E-state index in [2.05, 4.69) is 41.1 Å². The predicted octanol–water partition coefficient (Wildman–Crippen LogP) is 2.47. The first-order valence-corrected chi connectivity index (χ1v) is 7.68. The number of nitrogens with zero attached hydrogens (tertiary/aromatic N) is 2. The Hall–Kier alpha value is -1.39. The van der Waals surface area contributed by atoms with Crippen LogP contribution in [0.1, 0.15) is 32.0 Å². The monoisotopic (exact) mass is 271 g/mol. The molecule has 4 nitrogen and oxygen atoms in total. The van der Waals surface area contributed by atoms with Crippen LogP contribution in [0, 0.1) is 0 Å². The van der Waals surface area contributed by atoms with Crippen LogP contribution in [0.5, 0.6) is 0 Å². The van der Waals surface area contributed by atoms with Gasteiger partial charge >= 0.3 is 0 Å². The number of benzene rings is 1. The number of fused-ring (bicyclic) bond motifs is 3. The van der Waals surface area contributed by atoms with Gasteiger partial charge in [0.1, 0.15) is 5.82 Å². The first-order chi connectivity index (χ1) is 9.85. The van der Waals surface area contributed by atoms with Crippen molar-refractivity contribution >= 4 is 11.0 Å². The molecular formula is C16H21N3O. The van der Waals surface area contributed by atoms with E-state index in [1.54, 1.807) is 0 Å². The Labute approximate surface area is 119 Å². The molecule has 2 saturated heterocycles. The second-order valence-corrected chi connectivity index (χ2v) is 5.86. The van der Waals surface area contributed by atoms with Crippen LogP contribution in [0.25, 0.3) is 11.0 Å². The topological polar surface area (TPSA) is 39.1 Å². The fraction of sp³-hybridized carbons (Fsp3) is 0.562. The summed E-state index contributed by atoms with van der Waals surface area (Å²) in [6, 6.07) is 8.88. The maximum atomic E-state index is 5.90. The zero-order chi connectivity index (χ0) is 13.5. The molecular weight excluding hydrogens is 250 g/mol. The van der Waals surface area contributed by atoms with E-state index in [0.29, 0.717) is 18.2 Å². The van der Waals surface area contributed by atoms with E-state index in [-0.39, 0.29) is 0 Å². The highest BCUT2D eigenvalue weighted by Gasteiger charge is 2.40. The lowest BCUT2D eigenvalue weighted by Crippen LogP contribution is -2.37. The summed E-state index contributed by atoms with van der Waals surface area (Å²) in [5.41, 5.74) is 2.33. The third-order valence-corrected chi connectivity index (χ3v) is 4.68. The second-order valence-electron chi connectivity index (χ2n) is 5.86. The van der Waals surface area contributed by atoms with Crippen LogP contribution in [-0.2, 0) is 17.8 Å². The number of ether oxygens (including phenoxy) is 1. The average Bonchev–Trinajstić information content (AvgIpc) is 3.17. The molecule has 4 heteroatoms. The summed E-state index contributed by atoms with van der Waals surface area (Å²) in [5, 5.41) is 3.66. The summed E-state index contributed by atoms with van der Waals surface area (Å²) in [4.78, 5) is 4.77. The molecule has 3 unspecified atom stereocenters. The van der Waals surface area contributed by atoms with Gasteiger partial charge < -0.3 is 14.6 Å². The maximum absolute atomic E-state index is 5.90. The maximum Gasteiger partial charge on any atom is 0.123 e. The van der Waals surface area contributed by atoms with Gasteiger partial charge in [0.15, 0.2) is 0 Å². The van der Waals surface area contributed by atoms with Crippen molar-refractivity contribution in [2.45, 2.75) is 57.5 Å². The average molecular weight is 271 g/mol. The molecule has 0 radical (unpaired) electrons. The molecule has 2 aromatic rings. The van der Waals surface area contributed by atoms with Crippen molar-refractivity contribution in [2.24, 2.45) is 0 Å². The van der Waals surface area contributed by atoms with Crippen molar-refractivity contribution in [3.63, 3.8) is 0 Å². The van der Waals surface area contributed by atoms with Crippen LogP contribution in [0.15, 0.2) is 24.3 Å². The molecule has 4 rings (SSSR count). The van der Waals surface area contributed by atoms with Crippen LogP contribution in [-0.4, -0.2) is 27.8 Å². The van der Waals surface area contributed by atoms with E-state index in [1.807, 2.05) is 0 Å². The van der Waals surface area contributed by atoms with Gasteiger partial charge in [-0.2, -0.15) is 0 Å². The number of aromatic nitrogens is 2. The zero-order valence-corrected chi connectivity index (χ0v) is 11.9. The molecule has 20 heavy (non-hydrogen) atoms. The highest BCUT2D eigenvalue weighted by molar-refractivity contribution is 5.75. The van der Waals surface area contributed by atoms with Crippen LogP contribution >= 0.6 is 0 Å². The van der Waals surface area contributed by atoms with Gasteiger partial charge in [-0.25, -0.2) is 4.98 Å². The molecule has 1 aromatic heterocycles. The third kappa shape index (κ3) is 1.95. The van der Waals surface area contributed by atoms with Crippen LogP contribution in [0.3, 0.4) is 0 Å². The standard InChI is InChI=1S/C16H21N3O/c1-2-19-14-6-4-3-5-12(14)18-16(19)10-17-13-9-11-7-8-15(13)20-11/h3-6,11,13,15,17H,2,7-10H2,1H3. The SMILES string of the molecule is CCn1c(CNC2CC3CCC2O3)nc2ccccc21. The van der Waals surface area contributed by atoms with E-state index in [4.69, 9.17) is 9.72 Å². The molecule has 0 amide bonds. The summed E-state index contributed by atoms with van der Waals surface area (Å²) in [6.07, 6.45) is 4.56. The van der Waals surface area contributed by atoms with Gasteiger partial charge in [0.25, 0.3) is 0 Å². The van der Waals surface area contributed by atoms with Gasteiger partial charge in [0, 0.05) is 12.6 Å². The summed E-state index contributed by atoms with van der Waals surface area (Å²) in [5.74, 6) is 1.14. The molecule has 2 fully saturated rings. The zero-order valence-electron chi connectivity index (χ0n) is 11.9. The van der Waals surface area contributed by atoms with Crippen molar-refractivity contribution in [2.75, 3.05) is 0 Å². The molecule has 0 saturated carbocycles. The van der Waals surface area contributed by atoms with E-state index in [0.717, 1.165) is 30.9 Å². The van der Waals surface area contributed by atoms with Crippen molar-refractivity contribution < 1.29 is 4.74 Å². The Morgan fingerprint density at radius 3 is 3.00 bits per heavy atom. The minimum absolute atomic E-state index is 0.430. The molecule has 1 N–H and O–H groups in total. The Bertz CT molecular complexity index is 621. The van der Waals surface area contributed by atoms with Gasteiger partial charge in [-0.3, -0.25) is 0 Å². The Kier molecular flexibility index (Phi) is 3.00. The molecule has 2 aliphatic rings. The quantitative estimate of drug-likeness (QED) is 0.928. The summed E-state index contributed by atoms with van der Waals surface area (Å²) in [6.45, 7) is 3.97. The van der Waals surface area contributed by atoms with Crippen LogP contribution in [0.4, 0.5) is 0 Å². The highest BCUT2D eigenvalue weighted by atomic mass is 16.5. The lowest BCUT2D eigenvalue weighted by molar-refractivity contribution is 0.0972. The van der Waals surface area contributed by atoms with Gasteiger partial charge in [-0.05, 0) is 38.3 Å². The van der Waals surface area contributed by atoms with Gasteiger partial charge in [0.2, 0.25) is 0 Å². The Morgan fingerprint density at radius 1 is 1.35 bits per heavy atom. The van der Waals surface area contributed by atoms with Gasteiger partial charge in [0.05, 0.1) is 29.8 Å². The minimum Gasteiger partial charge on any atom is -0.373 e. The Balaban J connectivity index is 1.53. The molecule has 1 aromatic carbocycles. The van der Waals surface area contributed by atoms with Crippen LogP contribution < -0.4 is 5.32 Å². The number of para-hydroxylation sites is 2. The smallest absolute Gasteiger partial charge is 0.123 e. The molecule has 0 aliphatic carbocycles. The largest absolute Gasteiger partial charge is 0.373 e. The first-order valence-electron chi connectivity index (χ1n) is 7.68. The number of hydrogen-bond donors (Lipinski definition) is 1. The van der Waals surface area contributed by atoms with E-state index < -0.39 is 0 Å². The van der Waals surface area contributed by atoms with Crippen molar-refractivity contribution in [3.05, 3.63) is 30.1 Å². The summed E-state index contributed by atoms with van der Waals surface area (Å²) in [7, 11) is 0. The fourth-order valence-electron chi connectivity index (χ4n) is 3.69. The number of aryl methyl sites for hydroxylation is 1. The lowest BCUT2D eigenvalue weighted by Gasteiger charge is -2.20. The van der Waals surface area contributed by atoms with Crippen LogP contribution in [0.2, 0.25) is 0 Å². The summed E-state index contributed by atoms with van der Waals surface area (Å²) >= 11 is 0. The second kappa shape index (κ2) is 4.86. The normalized spacial score (nSPS) is 28.6.